The van der Waals surface area contributed by atoms with E-state index in [0.29, 0.717) is 16.6 Å². The van der Waals surface area contributed by atoms with Crippen LogP contribution in [0.4, 0.5) is 0 Å². The third-order valence-corrected chi connectivity index (χ3v) is 2.95. The van der Waals surface area contributed by atoms with Crippen LogP contribution in [0.1, 0.15) is 23.8 Å². The number of thiocarbonyl (C=S) groups is 1. The van der Waals surface area contributed by atoms with E-state index in [9.17, 15) is 4.79 Å². The van der Waals surface area contributed by atoms with Crippen molar-refractivity contribution in [2.24, 2.45) is 5.73 Å². The summed E-state index contributed by atoms with van der Waals surface area (Å²) >= 11 is 8.11. The monoisotopic (exact) mass is 301 g/mol. The highest BCUT2D eigenvalue weighted by Gasteiger charge is 2.16. The number of nitrogens with two attached hydrogens (primary N) is 1. The number of pyridine rings is 1. The van der Waals surface area contributed by atoms with Gasteiger partial charge in [-0.1, -0.05) is 19.1 Å². The molecule has 0 aliphatic carbocycles. The van der Waals surface area contributed by atoms with Gasteiger partial charge in [-0.15, -0.1) is 0 Å². The first-order valence-electron chi connectivity index (χ1n) is 4.77. The first kappa shape index (κ1) is 13.1. The number of nitrogens with zero attached hydrogens (tertiary/aromatic N) is 1. The van der Waals surface area contributed by atoms with Crippen LogP contribution < -0.4 is 11.1 Å². The standard InChI is InChI=1S/C10H12BrN3OS/c1-2-7(9(12)16)14-10(15)8-6(11)4-3-5-13-8/h3-5,7H,2H2,1H3,(H2,12,16)(H,14,15). The first-order valence-corrected chi connectivity index (χ1v) is 5.97. The highest BCUT2D eigenvalue weighted by atomic mass is 79.9. The predicted molar refractivity (Wildman–Crippen MR) is 70.3 cm³/mol. The number of nitrogens with one attached hydrogen (secondary N) is 1. The van der Waals surface area contributed by atoms with Crippen molar-refractivity contribution in [3.05, 3.63) is 28.5 Å². The molecule has 86 valence electrons. The molecule has 3 N–H and O–H groups in total. The lowest BCUT2D eigenvalue weighted by Crippen LogP contribution is -2.43. The van der Waals surface area contributed by atoms with Gasteiger partial charge in [0.15, 0.2) is 0 Å². The first-order chi connectivity index (χ1) is 7.56. The van der Waals surface area contributed by atoms with Crippen molar-refractivity contribution in [3.8, 4) is 0 Å². The van der Waals surface area contributed by atoms with E-state index in [2.05, 4.69) is 26.2 Å². The minimum absolute atomic E-state index is 0.280. The molecule has 16 heavy (non-hydrogen) atoms. The number of amides is 1. The Balaban J connectivity index is 2.80. The summed E-state index contributed by atoms with van der Waals surface area (Å²) in [5.74, 6) is -0.285. The molecule has 1 atom stereocenters. The maximum atomic E-state index is 11.8. The molecule has 0 aromatic carbocycles. The molecular weight excluding hydrogens is 290 g/mol. The van der Waals surface area contributed by atoms with Crippen molar-refractivity contribution in [3.63, 3.8) is 0 Å². The van der Waals surface area contributed by atoms with E-state index in [1.165, 1.54) is 0 Å². The van der Waals surface area contributed by atoms with Crippen LogP contribution in [0.5, 0.6) is 0 Å². The lowest BCUT2D eigenvalue weighted by atomic mass is 10.2. The Bertz CT molecular complexity index is 411. The van der Waals surface area contributed by atoms with E-state index in [1.807, 2.05) is 6.92 Å². The van der Waals surface area contributed by atoms with E-state index in [0.717, 1.165) is 0 Å². The Morgan fingerprint density at radius 1 is 1.75 bits per heavy atom. The molecular formula is C10H12BrN3OS. The molecule has 0 saturated carbocycles. The zero-order chi connectivity index (χ0) is 12.1. The lowest BCUT2D eigenvalue weighted by Gasteiger charge is -2.15. The number of halogens is 1. The molecule has 1 unspecified atom stereocenters. The van der Waals surface area contributed by atoms with Gasteiger partial charge >= 0.3 is 0 Å². The maximum Gasteiger partial charge on any atom is 0.271 e. The van der Waals surface area contributed by atoms with Gasteiger partial charge in [-0.3, -0.25) is 4.79 Å². The van der Waals surface area contributed by atoms with Gasteiger partial charge in [0.2, 0.25) is 0 Å². The molecule has 4 nitrogen and oxygen atoms in total. The number of rotatable bonds is 4. The zero-order valence-electron chi connectivity index (χ0n) is 8.74. The number of hydrogen-bond acceptors (Lipinski definition) is 3. The zero-order valence-corrected chi connectivity index (χ0v) is 11.1. The quantitative estimate of drug-likeness (QED) is 0.830. The van der Waals surface area contributed by atoms with Crippen LogP contribution >= 0.6 is 28.1 Å². The second kappa shape index (κ2) is 5.91. The van der Waals surface area contributed by atoms with Gasteiger partial charge < -0.3 is 11.1 Å². The van der Waals surface area contributed by atoms with Gasteiger partial charge in [0.05, 0.1) is 11.0 Å². The highest BCUT2D eigenvalue weighted by Crippen LogP contribution is 2.13. The topological polar surface area (TPSA) is 68.0 Å². The molecule has 0 saturated heterocycles. The van der Waals surface area contributed by atoms with E-state index in [-0.39, 0.29) is 16.9 Å². The lowest BCUT2D eigenvalue weighted by molar-refractivity contribution is 0.0940. The van der Waals surface area contributed by atoms with Crippen molar-refractivity contribution in [1.29, 1.82) is 0 Å². The number of aromatic nitrogens is 1. The third-order valence-electron chi connectivity index (χ3n) is 2.03. The molecule has 0 bridgehead atoms. The summed E-state index contributed by atoms with van der Waals surface area (Å²) in [6.45, 7) is 1.90. The Hall–Kier alpha value is -1.01. The SMILES string of the molecule is CCC(NC(=O)c1ncccc1Br)C(N)=S. The molecule has 1 heterocycles. The smallest absolute Gasteiger partial charge is 0.271 e. The summed E-state index contributed by atoms with van der Waals surface area (Å²) in [6, 6.07) is 3.20. The molecule has 0 fully saturated rings. The molecule has 1 aromatic heterocycles. The molecule has 1 rings (SSSR count). The molecule has 0 spiro atoms. The van der Waals surface area contributed by atoms with Crippen LogP contribution in [0.2, 0.25) is 0 Å². The fraction of sp³-hybridized carbons (Fsp3) is 0.300. The number of hydrogen-bond donors (Lipinski definition) is 2. The fourth-order valence-electron chi connectivity index (χ4n) is 1.15. The number of carbonyl (C=O) groups excluding carboxylic acids is 1. The van der Waals surface area contributed by atoms with Gasteiger partial charge in [0.1, 0.15) is 5.69 Å². The minimum Gasteiger partial charge on any atom is -0.392 e. The van der Waals surface area contributed by atoms with Crippen LogP contribution in [0.25, 0.3) is 0 Å². The molecule has 1 amide bonds. The Kier molecular flexibility index (Phi) is 4.82. The maximum absolute atomic E-state index is 11.8. The largest absolute Gasteiger partial charge is 0.392 e. The second-order valence-electron chi connectivity index (χ2n) is 3.17. The third kappa shape index (κ3) is 3.24. The van der Waals surface area contributed by atoms with Crippen LogP contribution in [0.3, 0.4) is 0 Å². The van der Waals surface area contributed by atoms with Crippen LogP contribution in [-0.4, -0.2) is 21.9 Å². The van der Waals surface area contributed by atoms with E-state index < -0.39 is 0 Å². The van der Waals surface area contributed by atoms with Crippen LogP contribution in [0.15, 0.2) is 22.8 Å². The molecule has 6 heteroatoms. The Morgan fingerprint density at radius 3 is 2.94 bits per heavy atom. The van der Waals surface area contributed by atoms with Crippen molar-refractivity contribution in [2.45, 2.75) is 19.4 Å². The summed E-state index contributed by atoms with van der Waals surface area (Å²) in [5.41, 5.74) is 5.83. The number of carbonyl (C=O) groups is 1. The highest BCUT2D eigenvalue weighted by molar-refractivity contribution is 9.10. The van der Waals surface area contributed by atoms with Crippen molar-refractivity contribution in [1.82, 2.24) is 10.3 Å². The van der Waals surface area contributed by atoms with Gasteiger partial charge in [-0.25, -0.2) is 4.98 Å². The van der Waals surface area contributed by atoms with Crippen molar-refractivity contribution < 1.29 is 4.79 Å². The van der Waals surface area contributed by atoms with Gasteiger partial charge in [-0.05, 0) is 34.5 Å². The second-order valence-corrected chi connectivity index (χ2v) is 4.50. The van der Waals surface area contributed by atoms with E-state index >= 15 is 0 Å². The normalized spacial score (nSPS) is 11.9. The molecule has 0 aliphatic heterocycles. The Labute approximate surface area is 108 Å². The molecule has 1 aromatic rings. The predicted octanol–water partition coefficient (Wildman–Crippen LogP) is 1.64. The average molecular weight is 302 g/mol. The Morgan fingerprint density at radius 2 is 2.44 bits per heavy atom. The van der Waals surface area contributed by atoms with Gasteiger partial charge in [0.25, 0.3) is 5.91 Å². The summed E-state index contributed by atoms with van der Waals surface area (Å²) in [7, 11) is 0. The van der Waals surface area contributed by atoms with Crippen molar-refractivity contribution >= 4 is 39.0 Å². The average Bonchev–Trinajstić information content (AvgIpc) is 2.25. The van der Waals surface area contributed by atoms with E-state index in [1.54, 1.807) is 18.3 Å². The minimum atomic E-state index is -0.295. The summed E-state index contributed by atoms with van der Waals surface area (Å²) in [5, 5.41) is 2.73. The summed E-state index contributed by atoms with van der Waals surface area (Å²) < 4.78 is 0.644. The summed E-state index contributed by atoms with van der Waals surface area (Å²) in [6.07, 6.45) is 2.22. The van der Waals surface area contributed by atoms with E-state index in [4.69, 9.17) is 18.0 Å². The fourth-order valence-corrected chi connectivity index (χ4v) is 1.81. The summed E-state index contributed by atoms with van der Waals surface area (Å²) in [4.78, 5) is 16.1. The van der Waals surface area contributed by atoms with Gasteiger partial charge in [0, 0.05) is 10.7 Å². The van der Waals surface area contributed by atoms with Gasteiger partial charge in [-0.2, -0.15) is 0 Å². The van der Waals surface area contributed by atoms with Crippen molar-refractivity contribution in [2.75, 3.05) is 0 Å². The van der Waals surface area contributed by atoms with Crippen LogP contribution in [0, 0.1) is 0 Å². The molecule has 0 aliphatic rings. The molecule has 0 radical (unpaired) electrons. The van der Waals surface area contributed by atoms with Crippen LogP contribution in [-0.2, 0) is 0 Å².